The van der Waals surface area contributed by atoms with Crippen molar-refractivity contribution in [1.29, 1.82) is 0 Å². The average molecular weight is 421 g/mol. The van der Waals surface area contributed by atoms with E-state index in [1.54, 1.807) is 47.5 Å². The highest BCUT2D eigenvalue weighted by molar-refractivity contribution is 5.96. The molecule has 0 radical (unpaired) electrons. The Labute approximate surface area is 180 Å². The lowest BCUT2D eigenvalue weighted by molar-refractivity contribution is -0.131. The quantitative estimate of drug-likeness (QED) is 0.661. The summed E-state index contributed by atoms with van der Waals surface area (Å²) in [5, 5.41) is 2.69. The molecule has 6 nitrogen and oxygen atoms in total. The maximum atomic E-state index is 13.1. The number of hydrogen-bond acceptors (Lipinski definition) is 4. The second-order valence-corrected chi connectivity index (χ2v) is 7.70. The van der Waals surface area contributed by atoms with Crippen molar-refractivity contribution in [1.82, 2.24) is 15.2 Å². The smallest absolute Gasteiger partial charge is 0.251 e. The van der Waals surface area contributed by atoms with Gasteiger partial charge in [0.05, 0.1) is 18.7 Å². The molecule has 7 heteroatoms. The molecule has 0 aliphatic carbocycles. The molecule has 2 heterocycles. The molecule has 2 aromatic carbocycles. The molecule has 1 atom stereocenters. The van der Waals surface area contributed by atoms with Crippen LogP contribution in [0.1, 0.15) is 46.3 Å². The van der Waals surface area contributed by atoms with Crippen molar-refractivity contribution in [2.75, 3.05) is 19.6 Å². The number of amides is 2. The van der Waals surface area contributed by atoms with Crippen LogP contribution in [-0.2, 0) is 11.2 Å². The minimum Gasteiger partial charge on any atom is -0.445 e. The Morgan fingerprint density at radius 1 is 1.13 bits per heavy atom. The molecule has 1 fully saturated rings. The largest absolute Gasteiger partial charge is 0.445 e. The number of oxazole rings is 1. The van der Waals surface area contributed by atoms with Gasteiger partial charge in [-0.15, -0.1) is 0 Å². The van der Waals surface area contributed by atoms with Gasteiger partial charge in [-0.05, 0) is 42.7 Å². The molecule has 1 unspecified atom stereocenters. The third-order valence-electron chi connectivity index (χ3n) is 5.42. The standard InChI is InChI=1S/C24H24FN3O3/c25-20-10-8-17(9-11-20)13-21-14-27-24(31-21)19-7-4-12-28(16-19)22(29)15-26-23(30)18-5-2-1-3-6-18/h1-3,5-6,8-11,14,19H,4,7,12-13,15-16H2,(H,26,30). The zero-order chi connectivity index (χ0) is 21.6. The molecule has 1 aliphatic rings. The van der Waals surface area contributed by atoms with E-state index in [2.05, 4.69) is 10.3 Å². The first-order chi connectivity index (χ1) is 15.1. The van der Waals surface area contributed by atoms with Gasteiger partial charge in [0.1, 0.15) is 11.6 Å². The minimum atomic E-state index is -0.270. The van der Waals surface area contributed by atoms with E-state index in [1.165, 1.54) is 12.1 Å². The number of nitrogens with zero attached hydrogens (tertiary/aromatic N) is 2. The first kappa shape index (κ1) is 20.8. The van der Waals surface area contributed by atoms with E-state index >= 15 is 0 Å². The van der Waals surface area contributed by atoms with E-state index in [-0.39, 0.29) is 30.1 Å². The van der Waals surface area contributed by atoms with E-state index in [1.807, 2.05) is 6.07 Å². The molecule has 31 heavy (non-hydrogen) atoms. The second kappa shape index (κ2) is 9.55. The van der Waals surface area contributed by atoms with Gasteiger partial charge in [0.25, 0.3) is 5.91 Å². The fourth-order valence-corrected chi connectivity index (χ4v) is 3.76. The first-order valence-electron chi connectivity index (χ1n) is 10.4. The van der Waals surface area contributed by atoms with E-state index in [0.717, 1.165) is 18.4 Å². The van der Waals surface area contributed by atoms with Crippen LogP contribution in [0.4, 0.5) is 4.39 Å². The van der Waals surface area contributed by atoms with Crippen LogP contribution in [0.15, 0.2) is 65.2 Å². The molecule has 0 spiro atoms. The van der Waals surface area contributed by atoms with Crippen molar-refractivity contribution < 1.29 is 18.4 Å². The predicted octanol–water partition coefficient (Wildman–Crippen LogP) is 3.54. The molecule has 0 saturated carbocycles. The van der Waals surface area contributed by atoms with E-state index in [4.69, 9.17) is 4.42 Å². The van der Waals surface area contributed by atoms with Gasteiger partial charge in [-0.3, -0.25) is 9.59 Å². The number of benzene rings is 2. The fraction of sp³-hybridized carbons (Fsp3) is 0.292. The highest BCUT2D eigenvalue weighted by Crippen LogP contribution is 2.27. The Bertz CT molecular complexity index is 1030. The Morgan fingerprint density at radius 2 is 1.90 bits per heavy atom. The van der Waals surface area contributed by atoms with Crippen LogP contribution in [0.25, 0.3) is 0 Å². The third-order valence-corrected chi connectivity index (χ3v) is 5.42. The van der Waals surface area contributed by atoms with Gasteiger partial charge in [0, 0.05) is 25.1 Å². The number of aromatic nitrogens is 1. The summed E-state index contributed by atoms with van der Waals surface area (Å²) >= 11 is 0. The Kier molecular flexibility index (Phi) is 6.40. The monoisotopic (exact) mass is 421 g/mol. The second-order valence-electron chi connectivity index (χ2n) is 7.70. The molecule has 2 amide bonds. The van der Waals surface area contributed by atoms with Crippen molar-refractivity contribution >= 4 is 11.8 Å². The number of likely N-dealkylation sites (tertiary alicyclic amines) is 1. The summed E-state index contributed by atoms with van der Waals surface area (Å²) in [6.07, 6.45) is 3.96. The van der Waals surface area contributed by atoms with Gasteiger partial charge in [-0.2, -0.15) is 0 Å². The lowest BCUT2D eigenvalue weighted by Crippen LogP contribution is -2.44. The topological polar surface area (TPSA) is 75.4 Å². The Morgan fingerprint density at radius 3 is 2.68 bits per heavy atom. The Balaban J connectivity index is 1.32. The molecule has 4 rings (SSSR count). The maximum Gasteiger partial charge on any atom is 0.251 e. The zero-order valence-electron chi connectivity index (χ0n) is 17.1. The van der Waals surface area contributed by atoms with Crippen LogP contribution in [0.2, 0.25) is 0 Å². The SMILES string of the molecule is O=C(NCC(=O)N1CCCC(c2ncc(Cc3ccc(F)cc3)o2)C1)c1ccccc1. The van der Waals surface area contributed by atoms with Gasteiger partial charge in [-0.1, -0.05) is 30.3 Å². The zero-order valence-corrected chi connectivity index (χ0v) is 17.1. The Hall–Kier alpha value is -3.48. The summed E-state index contributed by atoms with van der Waals surface area (Å²) in [5.41, 5.74) is 1.47. The van der Waals surface area contributed by atoms with Crippen molar-refractivity contribution in [2.45, 2.75) is 25.2 Å². The minimum absolute atomic E-state index is 0.0180. The highest BCUT2D eigenvalue weighted by Gasteiger charge is 2.28. The molecule has 3 aromatic rings. The van der Waals surface area contributed by atoms with E-state index in [0.29, 0.717) is 36.7 Å². The average Bonchev–Trinajstić information content (AvgIpc) is 3.28. The van der Waals surface area contributed by atoms with Crippen molar-refractivity contribution in [3.05, 3.63) is 89.4 Å². The van der Waals surface area contributed by atoms with Gasteiger partial charge in [0.15, 0.2) is 5.89 Å². The summed E-state index contributed by atoms with van der Waals surface area (Å²) in [6.45, 7) is 1.12. The number of carbonyl (C=O) groups excluding carboxylic acids is 2. The summed E-state index contributed by atoms with van der Waals surface area (Å²) in [5.74, 6) is 0.689. The summed E-state index contributed by atoms with van der Waals surface area (Å²) in [6, 6.07) is 15.1. The molecule has 1 aliphatic heterocycles. The van der Waals surface area contributed by atoms with Crippen molar-refractivity contribution in [3.63, 3.8) is 0 Å². The lowest BCUT2D eigenvalue weighted by atomic mass is 9.98. The van der Waals surface area contributed by atoms with E-state index in [9.17, 15) is 14.0 Å². The number of hydrogen-bond donors (Lipinski definition) is 1. The molecule has 1 saturated heterocycles. The summed E-state index contributed by atoms with van der Waals surface area (Å²) < 4.78 is 19.0. The molecular formula is C24H24FN3O3. The van der Waals surface area contributed by atoms with Crippen LogP contribution in [-0.4, -0.2) is 41.3 Å². The maximum absolute atomic E-state index is 13.1. The van der Waals surface area contributed by atoms with Crippen LogP contribution in [0, 0.1) is 5.82 Å². The molecular weight excluding hydrogens is 397 g/mol. The van der Waals surface area contributed by atoms with Gasteiger partial charge in [0.2, 0.25) is 5.91 Å². The van der Waals surface area contributed by atoms with Crippen LogP contribution >= 0.6 is 0 Å². The number of carbonyl (C=O) groups is 2. The van der Waals surface area contributed by atoms with Crippen molar-refractivity contribution in [3.8, 4) is 0 Å². The molecule has 0 bridgehead atoms. The fourth-order valence-electron chi connectivity index (χ4n) is 3.76. The molecule has 1 N–H and O–H groups in total. The highest BCUT2D eigenvalue weighted by atomic mass is 19.1. The number of piperidine rings is 1. The number of halogens is 1. The molecule has 160 valence electrons. The number of nitrogens with one attached hydrogen (secondary N) is 1. The molecule has 1 aromatic heterocycles. The first-order valence-corrected chi connectivity index (χ1v) is 10.4. The predicted molar refractivity (Wildman–Crippen MR) is 113 cm³/mol. The summed E-state index contributed by atoms with van der Waals surface area (Å²) in [4.78, 5) is 30.9. The normalized spacial score (nSPS) is 16.2. The van der Waals surface area contributed by atoms with Gasteiger partial charge in [-0.25, -0.2) is 9.37 Å². The van der Waals surface area contributed by atoms with Crippen LogP contribution < -0.4 is 5.32 Å². The van der Waals surface area contributed by atoms with Gasteiger partial charge >= 0.3 is 0 Å². The van der Waals surface area contributed by atoms with Crippen LogP contribution in [0.5, 0.6) is 0 Å². The summed E-state index contributed by atoms with van der Waals surface area (Å²) in [7, 11) is 0. The van der Waals surface area contributed by atoms with Crippen molar-refractivity contribution in [2.24, 2.45) is 0 Å². The lowest BCUT2D eigenvalue weighted by Gasteiger charge is -2.31. The third kappa shape index (κ3) is 5.36. The number of rotatable bonds is 6. The van der Waals surface area contributed by atoms with Crippen LogP contribution in [0.3, 0.4) is 0 Å². The van der Waals surface area contributed by atoms with E-state index < -0.39 is 0 Å². The van der Waals surface area contributed by atoms with Gasteiger partial charge < -0.3 is 14.6 Å².